The van der Waals surface area contributed by atoms with Gasteiger partial charge in [-0.3, -0.25) is 14.9 Å². The minimum absolute atomic E-state index is 0.135. The lowest BCUT2D eigenvalue weighted by atomic mass is 9.80. The van der Waals surface area contributed by atoms with Gasteiger partial charge in [-0.2, -0.15) is 0 Å². The number of carbonyl (C=O) groups excluding carboxylic acids is 3. The predicted molar refractivity (Wildman–Crippen MR) is 115 cm³/mol. The maximum absolute atomic E-state index is 12.5. The Bertz CT molecular complexity index is 949. The van der Waals surface area contributed by atoms with Gasteiger partial charge in [0.1, 0.15) is 0 Å². The van der Waals surface area contributed by atoms with Crippen LogP contribution in [0.1, 0.15) is 46.1 Å². The lowest BCUT2D eigenvalue weighted by Gasteiger charge is -2.30. The van der Waals surface area contributed by atoms with Gasteiger partial charge in [-0.1, -0.05) is 12.1 Å². The summed E-state index contributed by atoms with van der Waals surface area (Å²) in [4.78, 5) is 45.4. The van der Waals surface area contributed by atoms with Gasteiger partial charge in [0.25, 0.3) is 5.69 Å². The van der Waals surface area contributed by atoms with Crippen molar-refractivity contribution >= 4 is 23.6 Å². The van der Waals surface area contributed by atoms with Crippen LogP contribution in [0.5, 0.6) is 0 Å². The summed E-state index contributed by atoms with van der Waals surface area (Å²) >= 11 is 0. The van der Waals surface area contributed by atoms with E-state index in [1.807, 2.05) is 0 Å². The number of ether oxygens (including phenoxy) is 3. The molecule has 0 saturated carbocycles. The second-order valence-corrected chi connectivity index (χ2v) is 6.62. The fraction of sp³-hybridized carbons (Fsp3) is 0.409. The SMILES string of the molecule is CCOC(=O)C1=C(C)NC(C)=C(C(=O)OC)C1c1cccc([N+](=O)[O-])c1.CCOC(C)=O. The molecule has 0 aromatic heterocycles. The van der Waals surface area contributed by atoms with E-state index in [1.54, 1.807) is 33.8 Å². The van der Waals surface area contributed by atoms with E-state index in [0.29, 0.717) is 23.6 Å². The van der Waals surface area contributed by atoms with E-state index in [1.165, 1.54) is 32.2 Å². The molecule has 32 heavy (non-hydrogen) atoms. The number of hydrogen-bond acceptors (Lipinski definition) is 9. The van der Waals surface area contributed by atoms with Crippen LogP contribution in [0.25, 0.3) is 0 Å². The first-order chi connectivity index (χ1) is 15.1. The fourth-order valence-electron chi connectivity index (χ4n) is 3.21. The highest BCUT2D eigenvalue weighted by molar-refractivity contribution is 5.99. The van der Waals surface area contributed by atoms with Crippen LogP contribution in [0.3, 0.4) is 0 Å². The van der Waals surface area contributed by atoms with Crippen LogP contribution in [-0.2, 0) is 28.6 Å². The number of carbonyl (C=O) groups is 3. The number of nitrogens with zero attached hydrogens (tertiary/aromatic N) is 1. The summed E-state index contributed by atoms with van der Waals surface area (Å²) in [5, 5.41) is 14.1. The third-order valence-corrected chi connectivity index (χ3v) is 4.42. The van der Waals surface area contributed by atoms with Gasteiger partial charge >= 0.3 is 17.9 Å². The zero-order valence-electron chi connectivity index (χ0n) is 19.0. The van der Waals surface area contributed by atoms with Crippen molar-refractivity contribution in [2.45, 2.75) is 40.5 Å². The molecule has 0 bridgehead atoms. The number of nitro groups is 1. The largest absolute Gasteiger partial charge is 0.466 e. The zero-order chi connectivity index (χ0) is 24.4. The molecule has 10 heteroatoms. The summed E-state index contributed by atoms with van der Waals surface area (Å²) in [5.74, 6) is -2.26. The summed E-state index contributed by atoms with van der Waals surface area (Å²) in [5.41, 5.74) is 1.76. The molecule has 1 aromatic carbocycles. The van der Waals surface area contributed by atoms with Crippen LogP contribution in [0, 0.1) is 10.1 Å². The van der Waals surface area contributed by atoms with Gasteiger partial charge in [-0.25, -0.2) is 9.59 Å². The van der Waals surface area contributed by atoms with Gasteiger partial charge in [0.15, 0.2) is 0 Å². The molecule has 1 aliphatic heterocycles. The summed E-state index contributed by atoms with van der Waals surface area (Å²) in [6, 6.07) is 5.84. The fourth-order valence-corrected chi connectivity index (χ4v) is 3.21. The Labute approximate surface area is 186 Å². The Kier molecular flexibility index (Phi) is 10.1. The Morgan fingerprint density at radius 1 is 1.03 bits per heavy atom. The summed E-state index contributed by atoms with van der Waals surface area (Å²) in [6.45, 7) is 8.86. The Morgan fingerprint density at radius 2 is 1.59 bits per heavy atom. The van der Waals surface area contributed by atoms with Crippen LogP contribution >= 0.6 is 0 Å². The van der Waals surface area contributed by atoms with Crippen LogP contribution in [0.15, 0.2) is 46.8 Å². The van der Waals surface area contributed by atoms with Gasteiger partial charge in [-0.15, -0.1) is 0 Å². The molecule has 174 valence electrons. The number of hydrogen-bond donors (Lipinski definition) is 1. The topological polar surface area (TPSA) is 134 Å². The molecule has 10 nitrogen and oxygen atoms in total. The van der Waals surface area contributed by atoms with E-state index in [9.17, 15) is 24.5 Å². The van der Waals surface area contributed by atoms with Crippen LogP contribution in [-0.4, -0.2) is 43.2 Å². The first-order valence-corrected chi connectivity index (χ1v) is 9.90. The maximum atomic E-state index is 12.5. The number of non-ortho nitro benzene ring substituents is 1. The number of esters is 3. The van der Waals surface area contributed by atoms with Crippen LogP contribution in [0.4, 0.5) is 5.69 Å². The minimum atomic E-state index is -0.831. The van der Waals surface area contributed by atoms with Crippen molar-refractivity contribution in [3.05, 3.63) is 62.5 Å². The molecule has 0 aliphatic carbocycles. The standard InChI is InChI=1S/C18H20N2O6.C4H8O2/c1-5-26-18(22)15-11(3)19-10(2)14(17(21)25-4)16(15)12-7-6-8-13(9-12)20(23)24;1-3-6-4(2)5/h6-9,16,19H,5H2,1-4H3;3H2,1-2H3. The van der Waals surface area contributed by atoms with Crippen molar-refractivity contribution in [3.63, 3.8) is 0 Å². The summed E-state index contributed by atoms with van der Waals surface area (Å²) in [6.07, 6.45) is 0. The van der Waals surface area contributed by atoms with E-state index in [4.69, 9.17) is 9.47 Å². The molecule has 1 atom stereocenters. The molecule has 0 radical (unpaired) electrons. The molecular weight excluding hydrogens is 420 g/mol. The number of nitrogens with one attached hydrogen (secondary N) is 1. The van der Waals surface area contributed by atoms with E-state index in [2.05, 4.69) is 10.1 Å². The van der Waals surface area contributed by atoms with Crippen molar-refractivity contribution in [1.29, 1.82) is 0 Å². The van der Waals surface area contributed by atoms with E-state index >= 15 is 0 Å². The van der Waals surface area contributed by atoms with Gasteiger partial charge in [0.05, 0.1) is 42.3 Å². The first kappa shape index (κ1) is 26.3. The van der Waals surface area contributed by atoms with Gasteiger partial charge in [0.2, 0.25) is 0 Å². The highest BCUT2D eigenvalue weighted by Gasteiger charge is 2.38. The molecule has 0 spiro atoms. The Morgan fingerprint density at radius 3 is 2.03 bits per heavy atom. The number of allylic oxidation sites excluding steroid dienone is 2. The third-order valence-electron chi connectivity index (χ3n) is 4.42. The number of rotatable bonds is 6. The third kappa shape index (κ3) is 6.66. The summed E-state index contributed by atoms with van der Waals surface area (Å²) < 4.78 is 14.4. The van der Waals surface area contributed by atoms with Crippen molar-refractivity contribution in [1.82, 2.24) is 5.32 Å². The van der Waals surface area contributed by atoms with Crippen molar-refractivity contribution in [2.24, 2.45) is 0 Å². The van der Waals surface area contributed by atoms with Gasteiger partial charge in [-0.05, 0) is 33.3 Å². The second-order valence-electron chi connectivity index (χ2n) is 6.62. The molecular formula is C22H28N2O8. The van der Waals surface area contributed by atoms with Gasteiger partial charge in [0, 0.05) is 30.5 Å². The molecule has 1 heterocycles. The number of dihydropyridines is 1. The Balaban J connectivity index is 0.000000751. The van der Waals surface area contributed by atoms with Crippen LogP contribution in [0.2, 0.25) is 0 Å². The number of nitro benzene ring substituents is 1. The molecule has 1 unspecified atom stereocenters. The predicted octanol–water partition coefficient (Wildman–Crippen LogP) is 3.14. The highest BCUT2D eigenvalue weighted by atomic mass is 16.6. The lowest BCUT2D eigenvalue weighted by Crippen LogP contribution is -2.32. The number of methoxy groups -OCH3 is 1. The molecule has 0 saturated heterocycles. The smallest absolute Gasteiger partial charge is 0.336 e. The van der Waals surface area contributed by atoms with Gasteiger partial charge < -0.3 is 19.5 Å². The average Bonchev–Trinajstić information content (AvgIpc) is 2.73. The van der Waals surface area contributed by atoms with E-state index < -0.39 is 22.8 Å². The second kappa shape index (κ2) is 12.2. The first-order valence-electron chi connectivity index (χ1n) is 9.90. The van der Waals surface area contributed by atoms with E-state index in [-0.39, 0.29) is 29.4 Å². The molecule has 1 N–H and O–H groups in total. The summed E-state index contributed by atoms with van der Waals surface area (Å²) in [7, 11) is 1.24. The molecule has 1 aliphatic rings. The minimum Gasteiger partial charge on any atom is -0.466 e. The monoisotopic (exact) mass is 448 g/mol. The quantitative estimate of drug-likeness (QED) is 0.301. The average molecular weight is 448 g/mol. The van der Waals surface area contributed by atoms with Crippen molar-refractivity contribution in [3.8, 4) is 0 Å². The van der Waals surface area contributed by atoms with Crippen molar-refractivity contribution in [2.75, 3.05) is 20.3 Å². The molecule has 1 aromatic rings. The maximum Gasteiger partial charge on any atom is 0.336 e. The molecule has 2 rings (SSSR count). The normalized spacial score (nSPS) is 15.1. The molecule has 0 fully saturated rings. The molecule has 0 amide bonds. The Hall–Kier alpha value is -3.69. The zero-order valence-corrected chi connectivity index (χ0v) is 19.0. The number of benzene rings is 1. The van der Waals surface area contributed by atoms with Crippen LogP contribution < -0.4 is 5.32 Å². The highest BCUT2D eigenvalue weighted by Crippen LogP contribution is 2.40. The van der Waals surface area contributed by atoms with E-state index in [0.717, 1.165) is 0 Å². The van der Waals surface area contributed by atoms with Crippen molar-refractivity contribution < 1.29 is 33.5 Å². The lowest BCUT2D eigenvalue weighted by molar-refractivity contribution is -0.384.